The number of amides is 1. The van der Waals surface area contributed by atoms with Crippen molar-refractivity contribution in [2.24, 2.45) is 0 Å². The van der Waals surface area contributed by atoms with Crippen molar-refractivity contribution < 1.29 is 13.2 Å². The molecule has 0 aliphatic carbocycles. The molecule has 0 atom stereocenters. The quantitative estimate of drug-likeness (QED) is 0.745. The van der Waals surface area contributed by atoms with Crippen LogP contribution in [0.4, 0.5) is 11.4 Å². The average molecular weight is 416 g/mol. The highest BCUT2D eigenvalue weighted by molar-refractivity contribution is 7.89. The lowest BCUT2D eigenvalue weighted by Gasteiger charge is -2.24. The Morgan fingerprint density at radius 1 is 1.07 bits per heavy atom. The molecular weight excluding hydrogens is 386 g/mol. The van der Waals surface area contributed by atoms with Crippen LogP contribution in [0.25, 0.3) is 0 Å². The van der Waals surface area contributed by atoms with Gasteiger partial charge in [0.1, 0.15) is 0 Å². The van der Waals surface area contributed by atoms with Crippen LogP contribution in [0, 0.1) is 6.92 Å². The van der Waals surface area contributed by atoms with E-state index < -0.39 is 10.0 Å². The fourth-order valence-corrected chi connectivity index (χ4v) is 5.22. The molecule has 0 radical (unpaired) electrons. The number of anilines is 2. The first kappa shape index (κ1) is 21.3. The number of rotatable bonds is 7. The maximum atomic E-state index is 13.0. The van der Waals surface area contributed by atoms with E-state index >= 15 is 0 Å². The van der Waals surface area contributed by atoms with Crippen LogP contribution in [0.5, 0.6) is 0 Å². The second-order valence-corrected chi connectivity index (χ2v) is 9.17. The SMILES string of the molecule is CCN(CC)S(=O)(=O)c1ccc(N2CCCC2)c(NC(=O)c2ccccc2C)c1. The molecule has 1 fully saturated rings. The van der Waals surface area contributed by atoms with Crippen molar-refractivity contribution in [1.29, 1.82) is 0 Å². The molecule has 0 bridgehead atoms. The summed E-state index contributed by atoms with van der Waals surface area (Å²) in [4.78, 5) is 15.3. The number of hydrogen-bond donors (Lipinski definition) is 1. The van der Waals surface area contributed by atoms with Crippen molar-refractivity contribution in [2.45, 2.75) is 38.5 Å². The Labute approximate surface area is 173 Å². The van der Waals surface area contributed by atoms with Crippen LogP contribution in [0.1, 0.15) is 42.6 Å². The molecule has 1 N–H and O–H groups in total. The van der Waals surface area contributed by atoms with Gasteiger partial charge in [0.05, 0.1) is 16.3 Å². The summed E-state index contributed by atoms with van der Waals surface area (Å²) in [6.45, 7) is 8.12. The van der Waals surface area contributed by atoms with Gasteiger partial charge in [-0.2, -0.15) is 4.31 Å². The van der Waals surface area contributed by atoms with Gasteiger partial charge in [0.25, 0.3) is 5.91 Å². The van der Waals surface area contributed by atoms with E-state index in [-0.39, 0.29) is 10.8 Å². The van der Waals surface area contributed by atoms with E-state index in [9.17, 15) is 13.2 Å². The normalized spacial score (nSPS) is 14.4. The molecule has 7 heteroatoms. The largest absolute Gasteiger partial charge is 0.370 e. The summed E-state index contributed by atoms with van der Waals surface area (Å²) in [6, 6.07) is 12.4. The smallest absolute Gasteiger partial charge is 0.255 e. The standard InChI is InChI=1S/C22H29N3O3S/c1-4-25(5-2)29(27,28)18-12-13-21(24-14-8-9-15-24)20(16-18)23-22(26)19-11-7-6-10-17(19)3/h6-7,10-13,16H,4-5,8-9,14-15H2,1-3H3,(H,23,26). The topological polar surface area (TPSA) is 69.7 Å². The number of nitrogens with zero attached hydrogens (tertiary/aromatic N) is 2. The Balaban J connectivity index is 2.02. The molecule has 3 rings (SSSR count). The van der Waals surface area contributed by atoms with Gasteiger partial charge < -0.3 is 10.2 Å². The minimum atomic E-state index is -3.61. The maximum Gasteiger partial charge on any atom is 0.255 e. The first-order chi connectivity index (χ1) is 13.9. The molecule has 1 heterocycles. The summed E-state index contributed by atoms with van der Waals surface area (Å²) in [5.74, 6) is -0.235. The molecule has 6 nitrogen and oxygen atoms in total. The third-order valence-electron chi connectivity index (χ3n) is 5.40. The number of aryl methyl sites for hydroxylation is 1. The van der Waals surface area contributed by atoms with Crippen LogP contribution < -0.4 is 10.2 Å². The lowest BCUT2D eigenvalue weighted by atomic mass is 10.1. The zero-order chi connectivity index (χ0) is 21.0. The molecule has 0 unspecified atom stereocenters. The highest BCUT2D eigenvalue weighted by atomic mass is 32.2. The highest BCUT2D eigenvalue weighted by Gasteiger charge is 2.25. The zero-order valence-electron chi connectivity index (χ0n) is 17.3. The fourth-order valence-electron chi connectivity index (χ4n) is 3.74. The van der Waals surface area contributed by atoms with E-state index in [4.69, 9.17) is 0 Å². The lowest BCUT2D eigenvalue weighted by Crippen LogP contribution is -2.31. The Hall–Kier alpha value is -2.38. The van der Waals surface area contributed by atoms with Crippen LogP contribution in [-0.4, -0.2) is 44.8 Å². The molecule has 1 amide bonds. The monoisotopic (exact) mass is 415 g/mol. The molecule has 1 aliphatic rings. The predicted molar refractivity (Wildman–Crippen MR) is 117 cm³/mol. The van der Waals surface area contributed by atoms with E-state index in [1.165, 1.54) is 4.31 Å². The third-order valence-corrected chi connectivity index (χ3v) is 7.44. The zero-order valence-corrected chi connectivity index (χ0v) is 18.1. The molecule has 0 aromatic heterocycles. The van der Waals surface area contributed by atoms with Gasteiger partial charge in [-0.05, 0) is 49.6 Å². The van der Waals surface area contributed by atoms with Crippen LogP contribution >= 0.6 is 0 Å². The first-order valence-electron chi connectivity index (χ1n) is 10.1. The maximum absolute atomic E-state index is 13.0. The van der Waals surface area contributed by atoms with E-state index in [0.717, 1.165) is 37.2 Å². The number of sulfonamides is 1. The van der Waals surface area contributed by atoms with Gasteiger partial charge in [-0.3, -0.25) is 4.79 Å². The van der Waals surface area contributed by atoms with Crippen molar-refractivity contribution in [3.63, 3.8) is 0 Å². The molecule has 0 saturated carbocycles. The minimum Gasteiger partial charge on any atom is -0.370 e. The van der Waals surface area contributed by atoms with Crippen molar-refractivity contribution >= 4 is 27.3 Å². The molecule has 0 spiro atoms. The average Bonchev–Trinajstić information content (AvgIpc) is 3.23. The Kier molecular flexibility index (Phi) is 6.59. The Morgan fingerprint density at radius 3 is 2.34 bits per heavy atom. The van der Waals surface area contributed by atoms with E-state index in [0.29, 0.717) is 24.3 Å². The predicted octanol–water partition coefficient (Wildman–Crippen LogP) is 3.88. The fraction of sp³-hybridized carbons (Fsp3) is 0.409. The summed E-state index contributed by atoms with van der Waals surface area (Å²) >= 11 is 0. The summed E-state index contributed by atoms with van der Waals surface area (Å²) < 4.78 is 27.4. The number of carbonyl (C=O) groups excluding carboxylic acids is 1. The van der Waals surface area contributed by atoms with Gasteiger partial charge in [0.2, 0.25) is 10.0 Å². The van der Waals surface area contributed by atoms with Crippen molar-refractivity contribution in [3.8, 4) is 0 Å². The molecular formula is C22H29N3O3S. The van der Waals surface area contributed by atoms with Gasteiger partial charge in [-0.25, -0.2) is 8.42 Å². The van der Waals surface area contributed by atoms with E-state index in [2.05, 4.69) is 10.2 Å². The summed E-state index contributed by atoms with van der Waals surface area (Å²) in [7, 11) is -3.61. The molecule has 1 saturated heterocycles. The molecule has 156 valence electrons. The summed E-state index contributed by atoms with van der Waals surface area (Å²) in [6.07, 6.45) is 2.18. The summed E-state index contributed by atoms with van der Waals surface area (Å²) in [5, 5.41) is 2.97. The summed E-state index contributed by atoms with van der Waals surface area (Å²) in [5.41, 5.74) is 2.85. The minimum absolute atomic E-state index is 0.198. The van der Waals surface area contributed by atoms with Crippen molar-refractivity contribution in [3.05, 3.63) is 53.6 Å². The number of carbonyl (C=O) groups is 1. The van der Waals surface area contributed by atoms with Crippen molar-refractivity contribution in [2.75, 3.05) is 36.4 Å². The lowest BCUT2D eigenvalue weighted by molar-refractivity contribution is 0.102. The second-order valence-electron chi connectivity index (χ2n) is 7.23. The van der Waals surface area contributed by atoms with Gasteiger partial charge in [-0.1, -0.05) is 32.0 Å². The van der Waals surface area contributed by atoms with Gasteiger partial charge in [0.15, 0.2) is 0 Å². The molecule has 29 heavy (non-hydrogen) atoms. The Morgan fingerprint density at radius 2 is 1.72 bits per heavy atom. The molecule has 2 aromatic carbocycles. The second kappa shape index (κ2) is 8.97. The van der Waals surface area contributed by atoms with Crippen LogP contribution in [0.2, 0.25) is 0 Å². The Bertz CT molecular complexity index is 979. The highest BCUT2D eigenvalue weighted by Crippen LogP contribution is 2.32. The van der Waals surface area contributed by atoms with E-state index in [1.54, 1.807) is 18.2 Å². The number of benzene rings is 2. The van der Waals surface area contributed by atoms with Gasteiger partial charge >= 0.3 is 0 Å². The van der Waals surface area contributed by atoms with Crippen molar-refractivity contribution in [1.82, 2.24) is 4.31 Å². The van der Waals surface area contributed by atoms with Crippen LogP contribution in [-0.2, 0) is 10.0 Å². The van der Waals surface area contributed by atoms with Crippen LogP contribution in [0.15, 0.2) is 47.4 Å². The van der Waals surface area contributed by atoms with Gasteiger partial charge in [-0.15, -0.1) is 0 Å². The third kappa shape index (κ3) is 4.46. The van der Waals surface area contributed by atoms with Gasteiger partial charge in [0, 0.05) is 31.7 Å². The molecule has 2 aromatic rings. The first-order valence-corrected chi connectivity index (χ1v) is 11.6. The molecule has 1 aliphatic heterocycles. The van der Waals surface area contributed by atoms with E-state index in [1.807, 2.05) is 45.0 Å². The number of nitrogens with one attached hydrogen (secondary N) is 1. The van der Waals surface area contributed by atoms with Crippen LogP contribution in [0.3, 0.4) is 0 Å². The number of hydrogen-bond acceptors (Lipinski definition) is 4.